The highest BCUT2D eigenvalue weighted by molar-refractivity contribution is 7.90. The fourth-order valence-corrected chi connectivity index (χ4v) is 6.11. The molecule has 2 aromatic carbocycles. The largest absolute Gasteiger partial charge is 0.494 e. The molecule has 0 saturated carbocycles. The van der Waals surface area contributed by atoms with Crippen molar-refractivity contribution < 1.29 is 22.6 Å². The predicted molar refractivity (Wildman–Crippen MR) is 156 cm³/mol. The third-order valence-electron chi connectivity index (χ3n) is 7.04. The van der Waals surface area contributed by atoms with Crippen LogP contribution < -0.4 is 19.7 Å². The second-order valence-electron chi connectivity index (χ2n) is 9.62. The van der Waals surface area contributed by atoms with E-state index in [1.54, 1.807) is 19.2 Å². The number of aromatic nitrogens is 3. The van der Waals surface area contributed by atoms with Crippen LogP contribution >= 0.6 is 11.6 Å². The van der Waals surface area contributed by atoms with Crippen LogP contribution in [0.3, 0.4) is 0 Å². The van der Waals surface area contributed by atoms with E-state index in [-0.39, 0.29) is 5.75 Å². The third-order valence-corrected chi connectivity index (χ3v) is 8.95. The lowest BCUT2D eigenvalue weighted by molar-refractivity contribution is 0.122. The van der Waals surface area contributed by atoms with Crippen LogP contribution in [0, 0.1) is 0 Å². The molecule has 7 rings (SSSR count). The van der Waals surface area contributed by atoms with Crippen LogP contribution in [0.15, 0.2) is 48.8 Å². The summed E-state index contributed by atoms with van der Waals surface area (Å²) in [5.41, 5.74) is 3.28. The average molecular weight is 584 g/mol. The molecule has 0 spiro atoms. The zero-order valence-electron chi connectivity index (χ0n) is 22.1. The second kappa shape index (κ2) is 11.1. The van der Waals surface area contributed by atoms with Crippen LogP contribution in [0.5, 0.6) is 11.5 Å². The minimum absolute atomic E-state index is 0.0611. The summed E-state index contributed by atoms with van der Waals surface area (Å²) in [6, 6.07) is 11.4. The molecule has 40 heavy (non-hydrogen) atoms. The molecule has 3 aliphatic heterocycles. The Morgan fingerprint density at radius 1 is 1.02 bits per heavy atom. The Labute approximate surface area is 237 Å². The molecule has 1 saturated heterocycles. The number of rotatable bonds is 3. The van der Waals surface area contributed by atoms with Crippen molar-refractivity contribution in [1.29, 1.82) is 0 Å². The first kappa shape index (κ1) is 26.7. The van der Waals surface area contributed by atoms with Gasteiger partial charge in [-0.25, -0.2) is 22.4 Å². The highest BCUT2D eigenvalue weighted by atomic mass is 35.5. The second-order valence-corrected chi connectivity index (χ2v) is 12.2. The molecule has 10 nitrogen and oxygen atoms in total. The Bertz CT molecular complexity index is 1650. The first-order valence-electron chi connectivity index (χ1n) is 13.3. The minimum atomic E-state index is -3.61. The molecule has 5 heterocycles. The molecule has 4 aromatic rings. The van der Waals surface area contributed by atoms with Crippen LogP contribution in [-0.4, -0.2) is 67.6 Å². The van der Waals surface area contributed by atoms with E-state index < -0.39 is 10.0 Å². The van der Waals surface area contributed by atoms with E-state index in [0.717, 1.165) is 43.1 Å². The number of halogens is 1. The SMILES string of the molecule is CCS(=O)(=O)n1cc2c3ccc(cc31)OCCCCOc1cc(ccc1N1CCOCC1)Nc1ncc(Cl)c-2n1. The van der Waals surface area contributed by atoms with Gasteiger partial charge in [0.15, 0.2) is 0 Å². The number of nitrogens with one attached hydrogen (secondary N) is 1. The standard InChI is InChI=1S/C28H30ClN5O5S/c1-2-40(35,36)34-18-22-21-7-6-20(16-25(21)34)38-11-3-4-12-39-26-15-19(31-28-30-17-23(29)27(22)32-28)5-8-24(26)33-9-13-37-14-10-33/h5-8,15-18H,2-4,9-14H2,1H3,(H,30,31,32). The zero-order chi connectivity index (χ0) is 27.7. The molecule has 0 amide bonds. The van der Waals surface area contributed by atoms with E-state index in [9.17, 15) is 8.42 Å². The Morgan fingerprint density at radius 3 is 2.62 bits per heavy atom. The Balaban J connectivity index is 1.45. The Kier molecular flexibility index (Phi) is 7.43. The van der Waals surface area contributed by atoms with Crippen LogP contribution in [0.2, 0.25) is 5.02 Å². The Hall–Kier alpha value is -3.54. The van der Waals surface area contributed by atoms with Crippen molar-refractivity contribution in [2.24, 2.45) is 0 Å². The Morgan fingerprint density at radius 2 is 1.82 bits per heavy atom. The van der Waals surface area contributed by atoms with Gasteiger partial charge in [-0.2, -0.15) is 0 Å². The lowest BCUT2D eigenvalue weighted by Crippen LogP contribution is -2.36. The first-order valence-corrected chi connectivity index (χ1v) is 15.3. The number of hydrogen-bond acceptors (Lipinski definition) is 9. The van der Waals surface area contributed by atoms with E-state index in [1.165, 1.54) is 10.2 Å². The van der Waals surface area contributed by atoms with E-state index in [4.69, 9.17) is 30.8 Å². The highest BCUT2D eigenvalue weighted by Crippen LogP contribution is 2.38. The van der Waals surface area contributed by atoms with Gasteiger partial charge in [0.1, 0.15) is 11.5 Å². The maximum atomic E-state index is 13.0. The fraction of sp³-hybridized carbons (Fsp3) is 0.357. The molecular formula is C28H30ClN5O5S. The number of nitrogens with zero attached hydrogens (tertiary/aromatic N) is 4. The lowest BCUT2D eigenvalue weighted by Gasteiger charge is -2.30. The maximum absolute atomic E-state index is 13.0. The molecule has 210 valence electrons. The third kappa shape index (κ3) is 5.28. The van der Waals surface area contributed by atoms with E-state index in [1.807, 2.05) is 30.3 Å². The molecule has 0 unspecified atom stereocenters. The van der Waals surface area contributed by atoms with Gasteiger partial charge in [-0.3, -0.25) is 0 Å². The van der Waals surface area contributed by atoms with Gasteiger partial charge < -0.3 is 24.4 Å². The number of hydrogen-bond donors (Lipinski definition) is 1. The average Bonchev–Trinajstić information content (AvgIpc) is 3.35. The van der Waals surface area contributed by atoms with Crippen molar-refractivity contribution in [3.8, 4) is 22.8 Å². The molecular weight excluding hydrogens is 554 g/mol. The van der Waals surface area contributed by atoms with Crippen LogP contribution in [0.25, 0.3) is 22.2 Å². The lowest BCUT2D eigenvalue weighted by atomic mass is 10.1. The minimum Gasteiger partial charge on any atom is -0.494 e. The van der Waals surface area contributed by atoms with Crippen molar-refractivity contribution in [3.63, 3.8) is 0 Å². The summed E-state index contributed by atoms with van der Waals surface area (Å²) in [5, 5.41) is 4.27. The number of anilines is 3. The zero-order valence-corrected chi connectivity index (χ0v) is 23.7. The summed E-state index contributed by atoms with van der Waals surface area (Å²) in [4.78, 5) is 11.4. The summed E-state index contributed by atoms with van der Waals surface area (Å²) in [6.07, 6.45) is 4.65. The molecule has 2 aromatic heterocycles. The van der Waals surface area contributed by atoms with Crippen LogP contribution in [0.4, 0.5) is 17.3 Å². The van der Waals surface area contributed by atoms with E-state index in [0.29, 0.717) is 65.3 Å². The van der Waals surface area contributed by atoms with Gasteiger partial charge in [-0.15, -0.1) is 0 Å². The van der Waals surface area contributed by atoms with Gasteiger partial charge in [0, 0.05) is 48.1 Å². The quantitative estimate of drug-likeness (QED) is 0.353. The molecule has 12 heteroatoms. The van der Waals surface area contributed by atoms with Crippen molar-refractivity contribution in [3.05, 3.63) is 53.8 Å². The predicted octanol–water partition coefficient (Wildman–Crippen LogP) is 5.08. The van der Waals surface area contributed by atoms with Gasteiger partial charge in [-0.05, 0) is 44.0 Å². The molecule has 0 radical (unpaired) electrons. The van der Waals surface area contributed by atoms with Gasteiger partial charge >= 0.3 is 0 Å². The summed E-state index contributed by atoms with van der Waals surface area (Å²) in [7, 11) is -3.61. The summed E-state index contributed by atoms with van der Waals surface area (Å²) < 4.78 is 45.1. The van der Waals surface area contributed by atoms with E-state index >= 15 is 0 Å². The van der Waals surface area contributed by atoms with Crippen molar-refractivity contribution in [1.82, 2.24) is 13.9 Å². The summed E-state index contributed by atoms with van der Waals surface area (Å²) in [6.45, 7) is 5.54. The van der Waals surface area contributed by atoms with Crippen molar-refractivity contribution in [2.75, 3.05) is 55.5 Å². The highest BCUT2D eigenvalue weighted by Gasteiger charge is 2.22. The monoisotopic (exact) mass is 583 g/mol. The van der Waals surface area contributed by atoms with Gasteiger partial charge in [0.25, 0.3) is 0 Å². The molecule has 0 aliphatic carbocycles. The van der Waals surface area contributed by atoms with Crippen molar-refractivity contribution >= 4 is 49.9 Å². The fourth-order valence-electron chi connectivity index (χ4n) is 4.92. The smallest absolute Gasteiger partial charge is 0.238 e. The number of ether oxygens (including phenoxy) is 3. The molecule has 1 fully saturated rings. The van der Waals surface area contributed by atoms with E-state index in [2.05, 4.69) is 15.2 Å². The summed E-state index contributed by atoms with van der Waals surface area (Å²) >= 11 is 6.58. The first-order chi connectivity index (χ1) is 19.4. The molecule has 8 bridgehead atoms. The van der Waals surface area contributed by atoms with Gasteiger partial charge in [0.2, 0.25) is 16.0 Å². The molecule has 0 atom stereocenters. The summed E-state index contributed by atoms with van der Waals surface area (Å²) in [5.74, 6) is 1.62. The number of fused-ring (bicyclic) bond motifs is 6. The number of morpholine rings is 1. The normalized spacial score (nSPS) is 16.2. The van der Waals surface area contributed by atoms with Gasteiger partial charge in [-0.1, -0.05) is 11.6 Å². The van der Waals surface area contributed by atoms with Crippen molar-refractivity contribution in [2.45, 2.75) is 19.8 Å². The number of benzene rings is 2. The maximum Gasteiger partial charge on any atom is 0.238 e. The molecule has 1 N–H and O–H groups in total. The topological polar surface area (TPSA) is 108 Å². The van der Waals surface area contributed by atoms with Crippen LogP contribution in [0.1, 0.15) is 19.8 Å². The van der Waals surface area contributed by atoms with Gasteiger partial charge in [0.05, 0.1) is 60.3 Å². The van der Waals surface area contributed by atoms with Crippen LogP contribution in [-0.2, 0) is 14.8 Å². The molecule has 3 aliphatic rings.